The number of para-hydroxylation sites is 1. The molecule has 4 heteroatoms. The molecule has 3 N–H and O–H groups in total. The van der Waals surface area contributed by atoms with E-state index in [1.807, 2.05) is 0 Å². The Morgan fingerprint density at radius 2 is 1.86 bits per heavy atom. The molecule has 3 fully saturated rings. The number of aromatic nitrogens is 1. The average molecular weight is 473 g/mol. The van der Waals surface area contributed by atoms with E-state index >= 15 is 0 Å². The van der Waals surface area contributed by atoms with Gasteiger partial charge in [0.15, 0.2) is 0 Å². The minimum absolute atomic E-state index is 0.0635. The Hall–Kier alpha value is -1.88. The van der Waals surface area contributed by atoms with Gasteiger partial charge >= 0.3 is 0 Å². The normalized spacial score (nSPS) is 41.0. The van der Waals surface area contributed by atoms with Gasteiger partial charge in [-0.3, -0.25) is 4.90 Å². The third-order valence-electron chi connectivity index (χ3n) is 11.3. The van der Waals surface area contributed by atoms with Crippen molar-refractivity contribution in [1.29, 1.82) is 0 Å². The van der Waals surface area contributed by atoms with E-state index in [0.29, 0.717) is 11.8 Å². The van der Waals surface area contributed by atoms with Crippen LogP contribution in [0.4, 0.5) is 0 Å². The predicted octanol–water partition coefficient (Wildman–Crippen LogP) is 5.50. The van der Waals surface area contributed by atoms with Crippen molar-refractivity contribution in [3.05, 3.63) is 58.8 Å². The van der Waals surface area contributed by atoms with Crippen LogP contribution in [-0.4, -0.2) is 44.9 Å². The first kappa shape index (κ1) is 22.3. The smallest absolute Gasteiger partial charge is 0.0833 e. The number of aliphatic hydroxyl groups is 2. The Balaban J connectivity index is 1.15. The molecule has 2 aromatic rings. The fourth-order valence-corrected chi connectivity index (χ4v) is 9.11. The molecule has 4 nitrogen and oxygen atoms in total. The van der Waals surface area contributed by atoms with Crippen LogP contribution >= 0.6 is 0 Å². The molecule has 0 bridgehead atoms. The summed E-state index contributed by atoms with van der Waals surface area (Å²) < 4.78 is 0. The van der Waals surface area contributed by atoms with Crippen LogP contribution in [-0.2, 0) is 13.0 Å². The van der Waals surface area contributed by atoms with Gasteiger partial charge in [-0.15, -0.1) is 0 Å². The van der Waals surface area contributed by atoms with E-state index in [2.05, 4.69) is 60.1 Å². The highest BCUT2D eigenvalue weighted by Gasteiger charge is 2.62. The summed E-state index contributed by atoms with van der Waals surface area (Å²) in [5.74, 6) is 1.06. The Bertz CT molecular complexity index is 1240. The number of benzene rings is 1. The van der Waals surface area contributed by atoms with Gasteiger partial charge in [0.25, 0.3) is 0 Å². The standard InChI is InChI=1S/C31H40N2O2/c1-29-13-9-21(34)17-20(29)7-8-24-25(29)10-14-30(2)26(24)11-15-31(30,35)19-33-16-12-23-22-5-3-4-6-27(22)32-28(23)18-33/h3-8,21,25-26,32,34-35H,9-19H2,1-2H3/t21-,25-,26-,29-,30-,31+/m0/s1. The number of β-amino-alcohol motifs (C(OH)–C–C–N with tert-alkyl or cyclic N) is 1. The van der Waals surface area contributed by atoms with Gasteiger partial charge in [-0.25, -0.2) is 0 Å². The number of rotatable bonds is 2. The lowest BCUT2D eigenvalue weighted by Gasteiger charge is -2.56. The molecule has 1 aromatic carbocycles. The lowest BCUT2D eigenvalue weighted by molar-refractivity contribution is -0.104. The van der Waals surface area contributed by atoms with Crippen molar-refractivity contribution < 1.29 is 10.2 Å². The molecule has 186 valence electrons. The van der Waals surface area contributed by atoms with Crippen LogP contribution in [0, 0.1) is 22.7 Å². The lowest BCUT2D eigenvalue weighted by atomic mass is 9.50. The summed E-state index contributed by atoms with van der Waals surface area (Å²) in [7, 11) is 0. The first-order valence-electron chi connectivity index (χ1n) is 13.9. The van der Waals surface area contributed by atoms with Crippen LogP contribution in [0.2, 0.25) is 0 Å². The van der Waals surface area contributed by atoms with Crippen LogP contribution in [0.3, 0.4) is 0 Å². The maximum atomic E-state index is 12.3. The van der Waals surface area contributed by atoms with Gasteiger partial charge in [-0.05, 0) is 80.2 Å². The first-order chi connectivity index (χ1) is 16.8. The van der Waals surface area contributed by atoms with E-state index in [1.165, 1.54) is 27.7 Å². The average Bonchev–Trinajstić information content (AvgIpc) is 3.33. The zero-order chi connectivity index (χ0) is 24.0. The Morgan fingerprint density at radius 3 is 2.74 bits per heavy atom. The highest BCUT2D eigenvalue weighted by Crippen LogP contribution is 2.66. The summed E-state index contributed by atoms with van der Waals surface area (Å²) in [6.07, 6.45) is 12.8. The zero-order valence-electron chi connectivity index (χ0n) is 21.3. The summed E-state index contributed by atoms with van der Waals surface area (Å²) in [6, 6.07) is 8.65. The van der Waals surface area contributed by atoms with E-state index in [-0.39, 0.29) is 16.9 Å². The molecule has 5 aliphatic rings. The molecule has 7 rings (SSSR count). The summed E-state index contributed by atoms with van der Waals surface area (Å²) >= 11 is 0. The van der Waals surface area contributed by atoms with Crippen LogP contribution in [0.25, 0.3) is 10.9 Å². The monoisotopic (exact) mass is 472 g/mol. The fourth-order valence-electron chi connectivity index (χ4n) is 9.11. The summed E-state index contributed by atoms with van der Waals surface area (Å²) in [4.78, 5) is 6.17. The maximum Gasteiger partial charge on any atom is 0.0833 e. The van der Waals surface area contributed by atoms with Crippen molar-refractivity contribution in [2.45, 2.75) is 83.5 Å². The Labute approximate surface area is 209 Å². The lowest BCUT2D eigenvalue weighted by Crippen LogP contribution is -2.56. The fraction of sp³-hybridized carbons (Fsp3) is 0.613. The number of H-pyrrole nitrogens is 1. The number of nitrogens with one attached hydrogen (secondary N) is 1. The molecule has 35 heavy (non-hydrogen) atoms. The number of nitrogens with zero attached hydrogens (tertiary/aromatic N) is 1. The van der Waals surface area contributed by atoms with E-state index in [4.69, 9.17) is 0 Å². The zero-order valence-corrected chi connectivity index (χ0v) is 21.3. The van der Waals surface area contributed by atoms with Crippen molar-refractivity contribution in [2.75, 3.05) is 13.1 Å². The van der Waals surface area contributed by atoms with Crippen LogP contribution in [0.1, 0.15) is 70.1 Å². The molecule has 0 saturated heterocycles. The second-order valence-electron chi connectivity index (χ2n) is 12.9. The third kappa shape index (κ3) is 3.09. The number of aromatic amines is 1. The molecule has 2 heterocycles. The number of aliphatic hydroxyl groups excluding tert-OH is 1. The molecule has 0 amide bonds. The Kier molecular flexibility index (Phi) is 4.83. The highest BCUT2D eigenvalue weighted by molar-refractivity contribution is 5.84. The van der Waals surface area contributed by atoms with E-state index in [1.54, 1.807) is 5.57 Å². The van der Waals surface area contributed by atoms with Gasteiger partial charge in [0, 0.05) is 41.6 Å². The highest BCUT2D eigenvalue weighted by atomic mass is 16.3. The SMILES string of the molecule is C[C@]12CC[C@H](O)CC1=CC=C1[C@@H]2CC[C@@]2(C)[C@H]1CC[C@@]2(O)CN1CCc2c([nH]c3ccccc23)C1. The molecule has 0 unspecified atom stereocenters. The number of hydrogen-bond acceptors (Lipinski definition) is 3. The van der Waals surface area contributed by atoms with Crippen LogP contribution in [0.15, 0.2) is 47.6 Å². The van der Waals surface area contributed by atoms with Crippen molar-refractivity contribution in [2.24, 2.45) is 22.7 Å². The topological polar surface area (TPSA) is 59.5 Å². The molecule has 6 atom stereocenters. The maximum absolute atomic E-state index is 12.3. The van der Waals surface area contributed by atoms with Gasteiger partial charge in [0.1, 0.15) is 0 Å². The minimum Gasteiger partial charge on any atom is -0.393 e. The Morgan fingerprint density at radius 1 is 1.03 bits per heavy atom. The largest absolute Gasteiger partial charge is 0.393 e. The van der Waals surface area contributed by atoms with Crippen LogP contribution in [0.5, 0.6) is 0 Å². The van der Waals surface area contributed by atoms with Gasteiger partial charge in [0.05, 0.1) is 11.7 Å². The molecular formula is C31H40N2O2. The van der Waals surface area contributed by atoms with Crippen molar-refractivity contribution in [3.63, 3.8) is 0 Å². The predicted molar refractivity (Wildman–Crippen MR) is 140 cm³/mol. The minimum atomic E-state index is -0.638. The van der Waals surface area contributed by atoms with E-state index < -0.39 is 5.60 Å². The van der Waals surface area contributed by atoms with Gasteiger partial charge < -0.3 is 15.2 Å². The molecule has 3 saturated carbocycles. The number of hydrogen-bond donors (Lipinski definition) is 3. The molecule has 0 spiro atoms. The quantitative estimate of drug-likeness (QED) is 0.541. The van der Waals surface area contributed by atoms with Crippen LogP contribution < -0.4 is 0 Å². The first-order valence-corrected chi connectivity index (χ1v) is 13.9. The molecule has 1 aromatic heterocycles. The van der Waals surface area contributed by atoms with Crippen molar-refractivity contribution in [3.8, 4) is 0 Å². The molecular weight excluding hydrogens is 432 g/mol. The van der Waals surface area contributed by atoms with Gasteiger partial charge in [-0.1, -0.05) is 55.3 Å². The van der Waals surface area contributed by atoms with Crippen molar-refractivity contribution in [1.82, 2.24) is 9.88 Å². The van der Waals surface area contributed by atoms with Crippen molar-refractivity contribution >= 4 is 10.9 Å². The van der Waals surface area contributed by atoms with E-state index in [0.717, 1.165) is 71.0 Å². The van der Waals surface area contributed by atoms with Gasteiger partial charge in [0.2, 0.25) is 0 Å². The third-order valence-corrected chi connectivity index (χ3v) is 11.3. The summed E-state index contributed by atoms with van der Waals surface area (Å²) in [5, 5.41) is 23.9. The van der Waals surface area contributed by atoms with Gasteiger partial charge in [-0.2, -0.15) is 0 Å². The second kappa shape index (κ2) is 7.57. The van der Waals surface area contributed by atoms with E-state index in [9.17, 15) is 10.2 Å². The second-order valence-corrected chi connectivity index (χ2v) is 12.9. The number of fused-ring (bicyclic) bond motifs is 8. The molecule has 1 aliphatic heterocycles. The summed E-state index contributed by atoms with van der Waals surface area (Å²) in [5.41, 5.74) is 6.62. The molecule has 4 aliphatic carbocycles. The number of allylic oxidation sites excluding steroid dienone is 3. The molecule has 0 radical (unpaired) electrons. The summed E-state index contributed by atoms with van der Waals surface area (Å²) in [6.45, 7) is 7.56.